The Kier molecular flexibility index (Phi) is 4.67. The number of likely N-dealkylation sites (tertiary alicyclic amines) is 1. The summed E-state index contributed by atoms with van der Waals surface area (Å²) in [5, 5.41) is 3.26. The average Bonchev–Trinajstić information content (AvgIpc) is 2.52. The molecule has 4 nitrogen and oxygen atoms in total. The van der Waals surface area contributed by atoms with Gasteiger partial charge in [-0.15, -0.1) is 0 Å². The number of amides is 1. The lowest BCUT2D eigenvalue weighted by molar-refractivity contribution is -0.138. The lowest BCUT2D eigenvalue weighted by atomic mass is 9.85. The first-order valence-electron chi connectivity index (χ1n) is 8.32. The molecule has 3 rings (SSSR count). The Morgan fingerprint density at radius 2 is 2.05 bits per heavy atom. The molecule has 2 fully saturated rings. The highest BCUT2D eigenvalue weighted by atomic mass is 16.5. The first-order chi connectivity index (χ1) is 10.7. The van der Waals surface area contributed by atoms with Crippen LogP contribution < -0.4 is 10.1 Å². The van der Waals surface area contributed by atoms with E-state index < -0.39 is 0 Å². The number of hydrogen-bond acceptors (Lipinski definition) is 3. The molecular formula is C18H26N2O2. The number of piperidine rings is 1. The predicted molar refractivity (Wildman–Crippen MR) is 87.1 cm³/mol. The van der Waals surface area contributed by atoms with E-state index in [1.54, 1.807) is 7.11 Å². The van der Waals surface area contributed by atoms with Crippen molar-refractivity contribution in [2.45, 2.75) is 25.7 Å². The Morgan fingerprint density at radius 1 is 1.32 bits per heavy atom. The molecule has 22 heavy (non-hydrogen) atoms. The number of nitrogens with one attached hydrogen (secondary N) is 1. The van der Waals surface area contributed by atoms with Crippen LogP contribution in [0.5, 0.6) is 5.75 Å². The van der Waals surface area contributed by atoms with Gasteiger partial charge in [-0.25, -0.2) is 0 Å². The summed E-state index contributed by atoms with van der Waals surface area (Å²) in [6.45, 7) is 5.83. The first kappa shape index (κ1) is 15.3. The maximum absolute atomic E-state index is 12.6. The second-order valence-electron chi connectivity index (χ2n) is 6.58. The van der Waals surface area contributed by atoms with Gasteiger partial charge in [0.25, 0.3) is 0 Å². The van der Waals surface area contributed by atoms with Crippen molar-refractivity contribution in [3.05, 3.63) is 29.8 Å². The highest BCUT2D eigenvalue weighted by molar-refractivity contribution is 5.79. The second kappa shape index (κ2) is 6.69. The minimum Gasteiger partial charge on any atom is -0.497 e. The highest BCUT2D eigenvalue weighted by Crippen LogP contribution is 2.31. The summed E-state index contributed by atoms with van der Waals surface area (Å²) in [7, 11) is 1.71. The van der Waals surface area contributed by atoms with E-state index in [2.05, 4.69) is 35.3 Å². The van der Waals surface area contributed by atoms with Gasteiger partial charge in [-0.05, 0) is 55.5 Å². The highest BCUT2D eigenvalue weighted by Gasteiger charge is 2.33. The Balaban J connectivity index is 1.56. The van der Waals surface area contributed by atoms with Crippen LogP contribution in [-0.4, -0.2) is 44.1 Å². The minimum atomic E-state index is 0.162. The van der Waals surface area contributed by atoms with Gasteiger partial charge < -0.3 is 15.0 Å². The van der Waals surface area contributed by atoms with Gasteiger partial charge in [-0.1, -0.05) is 19.1 Å². The van der Waals surface area contributed by atoms with Crippen molar-refractivity contribution in [3.63, 3.8) is 0 Å². The smallest absolute Gasteiger partial charge is 0.225 e. The number of benzene rings is 1. The monoisotopic (exact) mass is 302 g/mol. The Morgan fingerprint density at radius 3 is 2.64 bits per heavy atom. The fourth-order valence-corrected chi connectivity index (χ4v) is 3.48. The molecule has 120 valence electrons. The normalized spacial score (nSPS) is 21.3. The molecule has 2 heterocycles. The third kappa shape index (κ3) is 3.12. The van der Waals surface area contributed by atoms with Crippen molar-refractivity contribution in [2.24, 2.45) is 11.8 Å². The molecule has 0 aliphatic carbocycles. The van der Waals surface area contributed by atoms with Gasteiger partial charge >= 0.3 is 0 Å². The SMILES string of the molecule is COc1cccc(C2CCN(C(=O)C(C)C3CNC3)CC2)c1. The van der Waals surface area contributed by atoms with Gasteiger partial charge in [-0.3, -0.25) is 4.79 Å². The van der Waals surface area contributed by atoms with E-state index in [9.17, 15) is 4.79 Å². The molecule has 1 N–H and O–H groups in total. The number of methoxy groups -OCH3 is 1. The summed E-state index contributed by atoms with van der Waals surface area (Å²) in [6.07, 6.45) is 2.10. The zero-order chi connectivity index (χ0) is 15.5. The quantitative estimate of drug-likeness (QED) is 0.927. The predicted octanol–water partition coefficient (Wildman–Crippen LogP) is 2.26. The number of carbonyl (C=O) groups excluding carboxylic acids is 1. The van der Waals surface area contributed by atoms with Gasteiger partial charge in [0, 0.05) is 19.0 Å². The average molecular weight is 302 g/mol. The Labute approximate surface area is 132 Å². The van der Waals surface area contributed by atoms with Crippen LogP contribution >= 0.6 is 0 Å². The number of nitrogens with zero attached hydrogens (tertiary/aromatic N) is 1. The lowest BCUT2D eigenvalue weighted by Gasteiger charge is -2.38. The van der Waals surface area contributed by atoms with Crippen molar-refractivity contribution in [3.8, 4) is 5.75 Å². The van der Waals surface area contributed by atoms with Crippen LogP contribution in [0, 0.1) is 11.8 Å². The molecule has 0 spiro atoms. The van der Waals surface area contributed by atoms with Crippen LogP contribution in [-0.2, 0) is 4.79 Å². The molecule has 0 radical (unpaired) electrons. The molecule has 2 saturated heterocycles. The van der Waals surface area contributed by atoms with Crippen LogP contribution in [0.1, 0.15) is 31.2 Å². The van der Waals surface area contributed by atoms with Crippen LogP contribution in [0.3, 0.4) is 0 Å². The first-order valence-corrected chi connectivity index (χ1v) is 8.32. The molecule has 0 saturated carbocycles. The van der Waals surface area contributed by atoms with Crippen molar-refractivity contribution < 1.29 is 9.53 Å². The summed E-state index contributed by atoms with van der Waals surface area (Å²) in [5.74, 6) is 2.50. The molecule has 2 aliphatic rings. The van der Waals surface area contributed by atoms with Gasteiger partial charge in [0.15, 0.2) is 0 Å². The van der Waals surface area contributed by atoms with Crippen molar-refractivity contribution in [2.75, 3.05) is 33.3 Å². The molecule has 0 aromatic heterocycles. The molecule has 1 atom stereocenters. The standard InChI is InChI=1S/C18H26N2O2/c1-13(16-11-19-12-16)18(21)20-8-6-14(7-9-20)15-4-3-5-17(10-15)22-2/h3-5,10,13-14,16,19H,6-9,11-12H2,1-2H3. The number of ether oxygens (including phenoxy) is 1. The lowest BCUT2D eigenvalue weighted by Crippen LogP contribution is -2.51. The van der Waals surface area contributed by atoms with E-state index in [1.165, 1.54) is 5.56 Å². The molecule has 1 aromatic rings. The van der Waals surface area contributed by atoms with Crippen LogP contribution in [0.25, 0.3) is 0 Å². The number of hydrogen-bond donors (Lipinski definition) is 1. The third-order valence-corrected chi connectivity index (χ3v) is 5.28. The fraction of sp³-hybridized carbons (Fsp3) is 0.611. The van der Waals surface area contributed by atoms with Crippen molar-refractivity contribution in [1.82, 2.24) is 10.2 Å². The summed E-state index contributed by atoms with van der Waals surface area (Å²) in [5.41, 5.74) is 1.34. The van der Waals surface area contributed by atoms with E-state index in [-0.39, 0.29) is 5.92 Å². The third-order valence-electron chi connectivity index (χ3n) is 5.28. The summed E-state index contributed by atoms with van der Waals surface area (Å²) >= 11 is 0. The fourth-order valence-electron chi connectivity index (χ4n) is 3.48. The summed E-state index contributed by atoms with van der Waals surface area (Å²) in [6, 6.07) is 8.34. The van der Waals surface area contributed by atoms with Crippen molar-refractivity contribution in [1.29, 1.82) is 0 Å². The molecule has 1 unspecified atom stereocenters. The number of rotatable bonds is 4. The van der Waals surface area contributed by atoms with Crippen molar-refractivity contribution >= 4 is 5.91 Å². The zero-order valence-electron chi connectivity index (χ0n) is 13.5. The zero-order valence-corrected chi connectivity index (χ0v) is 13.5. The van der Waals surface area contributed by atoms with Gasteiger partial charge in [0.2, 0.25) is 5.91 Å². The van der Waals surface area contributed by atoms with E-state index in [0.717, 1.165) is 44.8 Å². The molecular weight excluding hydrogens is 276 g/mol. The van der Waals surface area contributed by atoms with Gasteiger partial charge in [-0.2, -0.15) is 0 Å². The maximum Gasteiger partial charge on any atom is 0.225 e. The molecule has 4 heteroatoms. The number of carbonyl (C=O) groups is 1. The minimum absolute atomic E-state index is 0.162. The maximum atomic E-state index is 12.6. The topological polar surface area (TPSA) is 41.6 Å². The second-order valence-corrected chi connectivity index (χ2v) is 6.58. The molecule has 0 bridgehead atoms. The molecule has 1 amide bonds. The van der Waals surface area contributed by atoms with Gasteiger partial charge in [0.05, 0.1) is 7.11 Å². The summed E-state index contributed by atoms with van der Waals surface area (Å²) in [4.78, 5) is 14.6. The van der Waals surface area contributed by atoms with E-state index in [1.807, 2.05) is 6.07 Å². The van der Waals surface area contributed by atoms with E-state index in [0.29, 0.717) is 17.7 Å². The van der Waals surface area contributed by atoms with Crippen LogP contribution in [0.2, 0.25) is 0 Å². The molecule has 1 aromatic carbocycles. The van der Waals surface area contributed by atoms with Gasteiger partial charge in [0.1, 0.15) is 5.75 Å². The van der Waals surface area contributed by atoms with E-state index in [4.69, 9.17) is 4.74 Å². The largest absolute Gasteiger partial charge is 0.497 e. The summed E-state index contributed by atoms with van der Waals surface area (Å²) < 4.78 is 5.31. The van der Waals surface area contributed by atoms with Crippen LogP contribution in [0.15, 0.2) is 24.3 Å². The molecule has 2 aliphatic heterocycles. The van der Waals surface area contributed by atoms with E-state index >= 15 is 0 Å². The Bertz CT molecular complexity index is 520. The Hall–Kier alpha value is -1.55. The van der Waals surface area contributed by atoms with Crippen LogP contribution in [0.4, 0.5) is 0 Å².